The Bertz CT molecular complexity index is 563. The quantitative estimate of drug-likeness (QED) is 0.759. The van der Waals surface area contributed by atoms with Crippen LogP contribution in [-0.4, -0.2) is 22.5 Å². The van der Waals surface area contributed by atoms with E-state index in [-0.39, 0.29) is 11.7 Å². The van der Waals surface area contributed by atoms with Crippen LogP contribution in [-0.2, 0) is 11.2 Å². The molecule has 5 heteroatoms. The van der Waals surface area contributed by atoms with E-state index in [0.29, 0.717) is 18.5 Å². The number of carbonyl (C=O) groups excluding carboxylic acids is 1. The van der Waals surface area contributed by atoms with Gasteiger partial charge in [0.05, 0.1) is 0 Å². The zero-order valence-corrected chi connectivity index (χ0v) is 9.38. The summed E-state index contributed by atoms with van der Waals surface area (Å²) >= 11 is 0. The lowest BCUT2D eigenvalue weighted by molar-refractivity contribution is -0.118. The number of phenols is 1. The molecule has 17 heavy (non-hydrogen) atoms. The van der Waals surface area contributed by atoms with E-state index in [1.807, 2.05) is 0 Å². The predicted octanol–water partition coefficient (Wildman–Crippen LogP) is 1.69. The number of hydrogen-bond donors (Lipinski definition) is 3. The SMILES string of the molecule is CC(=O)NCCc1c[nH]c2cc(F)c(O)cc12. The summed E-state index contributed by atoms with van der Waals surface area (Å²) in [6.07, 6.45) is 2.38. The van der Waals surface area contributed by atoms with E-state index in [1.165, 1.54) is 19.1 Å². The van der Waals surface area contributed by atoms with Crippen LogP contribution in [0.15, 0.2) is 18.3 Å². The summed E-state index contributed by atoms with van der Waals surface area (Å²) in [6, 6.07) is 2.65. The van der Waals surface area contributed by atoms with Gasteiger partial charge in [0.15, 0.2) is 11.6 Å². The Morgan fingerprint density at radius 3 is 3.00 bits per heavy atom. The number of phenolic OH excluding ortho intramolecular Hbond substituents is 1. The van der Waals surface area contributed by atoms with Crippen LogP contribution in [0.4, 0.5) is 4.39 Å². The van der Waals surface area contributed by atoms with Crippen LogP contribution in [0.1, 0.15) is 12.5 Å². The van der Waals surface area contributed by atoms with Crippen LogP contribution in [0.5, 0.6) is 5.75 Å². The van der Waals surface area contributed by atoms with Gasteiger partial charge in [-0.05, 0) is 18.1 Å². The summed E-state index contributed by atoms with van der Waals surface area (Å²) in [6.45, 7) is 1.97. The third-order valence-corrected chi connectivity index (χ3v) is 2.60. The fraction of sp³-hybridized carbons (Fsp3) is 0.250. The highest BCUT2D eigenvalue weighted by Gasteiger charge is 2.08. The zero-order valence-electron chi connectivity index (χ0n) is 9.38. The summed E-state index contributed by atoms with van der Waals surface area (Å²) in [7, 11) is 0. The fourth-order valence-electron chi connectivity index (χ4n) is 1.77. The molecule has 1 heterocycles. The normalized spacial score (nSPS) is 10.7. The molecule has 0 saturated heterocycles. The lowest BCUT2D eigenvalue weighted by Crippen LogP contribution is -2.22. The number of rotatable bonds is 3. The molecular formula is C12H13FN2O2. The molecule has 0 aliphatic rings. The van der Waals surface area contributed by atoms with Gasteiger partial charge in [-0.25, -0.2) is 4.39 Å². The third-order valence-electron chi connectivity index (χ3n) is 2.60. The van der Waals surface area contributed by atoms with E-state index in [1.54, 1.807) is 6.20 Å². The van der Waals surface area contributed by atoms with Crippen molar-refractivity contribution in [1.29, 1.82) is 0 Å². The van der Waals surface area contributed by atoms with E-state index in [4.69, 9.17) is 0 Å². The van der Waals surface area contributed by atoms with Gasteiger partial charge in [-0.3, -0.25) is 4.79 Å². The zero-order chi connectivity index (χ0) is 12.4. The highest BCUT2D eigenvalue weighted by molar-refractivity contribution is 5.84. The topological polar surface area (TPSA) is 65.1 Å². The number of nitrogens with one attached hydrogen (secondary N) is 2. The summed E-state index contributed by atoms with van der Waals surface area (Å²) in [5.74, 6) is -1.09. The number of H-pyrrole nitrogens is 1. The fourth-order valence-corrected chi connectivity index (χ4v) is 1.77. The van der Waals surface area contributed by atoms with Crippen LogP contribution < -0.4 is 5.32 Å². The summed E-state index contributed by atoms with van der Waals surface area (Å²) in [4.78, 5) is 13.7. The van der Waals surface area contributed by atoms with E-state index in [9.17, 15) is 14.3 Å². The van der Waals surface area contributed by atoms with Gasteiger partial charge in [0.1, 0.15) is 0 Å². The summed E-state index contributed by atoms with van der Waals surface area (Å²) < 4.78 is 13.1. The van der Waals surface area contributed by atoms with Crippen molar-refractivity contribution in [2.45, 2.75) is 13.3 Å². The molecule has 2 aromatic rings. The Labute approximate surface area is 97.5 Å². The molecule has 1 aromatic carbocycles. The first-order valence-corrected chi connectivity index (χ1v) is 5.31. The third kappa shape index (κ3) is 2.38. The van der Waals surface area contributed by atoms with E-state index < -0.39 is 5.82 Å². The lowest BCUT2D eigenvalue weighted by Gasteiger charge is -2.01. The van der Waals surface area contributed by atoms with Crippen LogP contribution in [0.25, 0.3) is 10.9 Å². The monoisotopic (exact) mass is 236 g/mol. The second-order valence-electron chi connectivity index (χ2n) is 3.90. The van der Waals surface area contributed by atoms with Crippen molar-refractivity contribution in [3.8, 4) is 5.75 Å². The number of benzene rings is 1. The number of carbonyl (C=O) groups is 1. The molecule has 4 nitrogen and oxygen atoms in total. The number of amides is 1. The second-order valence-corrected chi connectivity index (χ2v) is 3.90. The van der Waals surface area contributed by atoms with Gasteiger partial charge < -0.3 is 15.4 Å². The molecule has 2 rings (SSSR count). The van der Waals surface area contributed by atoms with E-state index >= 15 is 0 Å². The number of aromatic hydroxyl groups is 1. The largest absolute Gasteiger partial charge is 0.505 e. The van der Waals surface area contributed by atoms with Gasteiger partial charge in [0.2, 0.25) is 5.91 Å². The van der Waals surface area contributed by atoms with Crippen molar-refractivity contribution in [2.24, 2.45) is 0 Å². The van der Waals surface area contributed by atoms with Gasteiger partial charge in [-0.1, -0.05) is 0 Å². The molecule has 0 atom stereocenters. The maximum absolute atomic E-state index is 13.1. The average Bonchev–Trinajstić information content (AvgIpc) is 2.62. The molecule has 1 aromatic heterocycles. The van der Waals surface area contributed by atoms with Gasteiger partial charge >= 0.3 is 0 Å². The van der Waals surface area contributed by atoms with Crippen LogP contribution in [0.3, 0.4) is 0 Å². The van der Waals surface area contributed by atoms with Gasteiger partial charge in [-0.2, -0.15) is 0 Å². The Morgan fingerprint density at radius 1 is 1.53 bits per heavy atom. The van der Waals surface area contributed by atoms with E-state index in [2.05, 4.69) is 10.3 Å². The Balaban J connectivity index is 2.23. The first-order valence-electron chi connectivity index (χ1n) is 5.31. The molecular weight excluding hydrogens is 223 g/mol. The first-order chi connectivity index (χ1) is 8.08. The number of hydrogen-bond acceptors (Lipinski definition) is 2. The molecule has 0 saturated carbocycles. The van der Waals surface area contributed by atoms with Crippen molar-refractivity contribution in [3.63, 3.8) is 0 Å². The van der Waals surface area contributed by atoms with Crippen molar-refractivity contribution in [1.82, 2.24) is 10.3 Å². The number of halogens is 1. The smallest absolute Gasteiger partial charge is 0.216 e. The highest BCUT2D eigenvalue weighted by Crippen LogP contribution is 2.26. The summed E-state index contributed by atoms with van der Waals surface area (Å²) in [5.41, 5.74) is 1.57. The standard InChI is InChI=1S/C12H13FN2O2/c1-7(16)14-3-2-8-6-15-11-5-10(13)12(17)4-9(8)11/h4-6,15,17H,2-3H2,1H3,(H,14,16). The van der Waals surface area contributed by atoms with Crippen LogP contribution in [0, 0.1) is 5.82 Å². The minimum absolute atomic E-state index is 0.0845. The predicted molar refractivity (Wildman–Crippen MR) is 62.3 cm³/mol. The van der Waals surface area contributed by atoms with Gasteiger partial charge in [-0.15, -0.1) is 0 Å². The molecule has 1 amide bonds. The van der Waals surface area contributed by atoms with Crippen molar-refractivity contribution < 1.29 is 14.3 Å². The Hall–Kier alpha value is -2.04. The van der Waals surface area contributed by atoms with E-state index in [0.717, 1.165) is 10.9 Å². The highest BCUT2D eigenvalue weighted by atomic mass is 19.1. The second kappa shape index (κ2) is 4.45. The molecule has 0 aliphatic carbocycles. The molecule has 0 aliphatic heterocycles. The minimum Gasteiger partial charge on any atom is -0.505 e. The van der Waals surface area contributed by atoms with Crippen molar-refractivity contribution >= 4 is 16.8 Å². The molecule has 0 radical (unpaired) electrons. The lowest BCUT2D eigenvalue weighted by atomic mass is 10.1. The molecule has 0 bridgehead atoms. The summed E-state index contributed by atoms with van der Waals surface area (Å²) in [5, 5.41) is 12.8. The number of fused-ring (bicyclic) bond motifs is 1. The van der Waals surface area contributed by atoms with Crippen molar-refractivity contribution in [3.05, 3.63) is 29.7 Å². The molecule has 3 N–H and O–H groups in total. The van der Waals surface area contributed by atoms with Gasteiger partial charge in [0.25, 0.3) is 0 Å². The molecule has 0 unspecified atom stereocenters. The molecule has 90 valence electrons. The molecule has 0 fully saturated rings. The molecule has 0 spiro atoms. The van der Waals surface area contributed by atoms with Crippen molar-refractivity contribution in [2.75, 3.05) is 6.54 Å². The minimum atomic E-state index is -0.646. The Morgan fingerprint density at radius 2 is 2.29 bits per heavy atom. The number of aromatic amines is 1. The maximum atomic E-state index is 13.1. The number of aromatic nitrogens is 1. The van der Waals surface area contributed by atoms with Crippen LogP contribution in [0.2, 0.25) is 0 Å². The Kier molecular flexibility index (Phi) is 2.99. The average molecular weight is 236 g/mol. The van der Waals surface area contributed by atoms with Crippen LogP contribution >= 0.6 is 0 Å². The maximum Gasteiger partial charge on any atom is 0.216 e. The van der Waals surface area contributed by atoms with Gasteiger partial charge in [0, 0.05) is 36.6 Å². The first kappa shape index (κ1) is 11.4.